The minimum atomic E-state index is 0.457. The van der Waals surface area contributed by atoms with E-state index in [0.717, 1.165) is 5.92 Å². The number of rotatable bonds is 6. The molecule has 1 atom stereocenters. The fourth-order valence-corrected chi connectivity index (χ4v) is 5.27. The molecular formula is C16H26BrNS. The van der Waals surface area contributed by atoms with Crippen LogP contribution in [0.3, 0.4) is 0 Å². The summed E-state index contributed by atoms with van der Waals surface area (Å²) in [6.45, 7) is 8.18. The molecule has 0 radical (unpaired) electrons. The second-order valence-corrected chi connectivity index (χ2v) is 8.34. The number of hydrogen-bond acceptors (Lipinski definition) is 2. The van der Waals surface area contributed by atoms with Gasteiger partial charge in [-0.25, -0.2) is 0 Å². The minimum absolute atomic E-state index is 0.457. The zero-order chi connectivity index (χ0) is 13.9. The maximum absolute atomic E-state index is 3.79. The predicted octanol–water partition coefficient (Wildman–Crippen LogP) is 5.77. The van der Waals surface area contributed by atoms with Crippen LogP contribution in [-0.2, 0) is 0 Å². The number of halogens is 1. The first-order valence-electron chi connectivity index (χ1n) is 7.49. The van der Waals surface area contributed by atoms with Crippen molar-refractivity contribution in [2.75, 3.05) is 6.54 Å². The molecule has 0 aromatic carbocycles. The molecule has 1 N–H and O–H groups in total. The lowest BCUT2D eigenvalue weighted by Crippen LogP contribution is -2.34. The van der Waals surface area contributed by atoms with E-state index in [1.54, 1.807) is 0 Å². The zero-order valence-electron chi connectivity index (χ0n) is 12.3. The fourth-order valence-electron chi connectivity index (χ4n) is 3.52. The third-order valence-electron chi connectivity index (χ3n) is 4.33. The first kappa shape index (κ1) is 15.5. The smallest absolute Gasteiger partial charge is 0.0397 e. The summed E-state index contributed by atoms with van der Waals surface area (Å²) in [5.41, 5.74) is 0.562. The quantitative estimate of drug-likeness (QED) is 0.691. The van der Waals surface area contributed by atoms with E-state index in [2.05, 4.69) is 53.5 Å². The Morgan fingerprint density at radius 2 is 2.00 bits per heavy atom. The summed E-state index contributed by atoms with van der Waals surface area (Å²) in [7, 11) is 0. The van der Waals surface area contributed by atoms with Gasteiger partial charge in [-0.2, -0.15) is 0 Å². The Bertz CT molecular complexity index is 393. The first-order valence-corrected chi connectivity index (χ1v) is 9.16. The van der Waals surface area contributed by atoms with Gasteiger partial charge in [0.15, 0.2) is 0 Å². The molecule has 0 bridgehead atoms. The summed E-state index contributed by atoms with van der Waals surface area (Å²) in [6.07, 6.45) is 7.04. The summed E-state index contributed by atoms with van der Waals surface area (Å²) >= 11 is 5.49. The Balaban J connectivity index is 1.94. The third kappa shape index (κ3) is 4.05. The second kappa shape index (κ2) is 6.73. The monoisotopic (exact) mass is 343 g/mol. The van der Waals surface area contributed by atoms with Crippen LogP contribution in [0.5, 0.6) is 0 Å². The molecule has 1 heterocycles. The number of hydrogen-bond donors (Lipinski definition) is 1. The van der Waals surface area contributed by atoms with Gasteiger partial charge in [0.05, 0.1) is 0 Å². The minimum Gasteiger partial charge on any atom is -0.309 e. The molecular weight excluding hydrogens is 318 g/mol. The summed E-state index contributed by atoms with van der Waals surface area (Å²) in [5, 5.41) is 5.96. The highest BCUT2D eigenvalue weighted by Gasteiger charge is 2.34. The van der Waals surface area contributed by atoms with Gasteiger partial charge in [-0.05, 0) is 64.9 Å². The molecule has 1 fully saturated rings. The average Bonchev–Trinajstić information content (AvgIpc) is 2.95. The highest BCUT2D eigenvalue weighted by atomic mass is 79.9. The Morgan fingerprint density at radius 3 is 2.53 bits per heavy atom. The van der Waals surface area contributed by atoms with E-state index >= 15 is 0 Å². The lowest BCUT2D eigenvalue weighted by Gasteiger charge is -2.32. The third-order valence-corrected chi connectivity index (χ3v) is 6.38. The summed E-state index contributed by atoms with van der Waals surface area (Å²) in [6, 6.07) is 2.61. The molecule has 1 unspecified atom stereocenters. The Labute approximate surface area is 130 Å². The van der Waals surface area contributed by atoms with Crippen molar-refractivity contribution in [1.82, 2.24) is 5.32 Å². The predicted molar refractivity (Wildman–Crippen MR) is 88.8 cm³/mol. The Hall–Kier alpha value is 0.140. The molecule has 3 heteroatoms. The highest BCUT2D eigenvalue weighted by Crippen LogP contribution is 2.43. The van der Waals surface area contributed by atoms with Crippen molar-refractivity contribution in [2.24, 2.45) is 11.3 Å². The van der Waals surface area contributed by atoms with Crippen molar-refractivity contribution < 1.29 is 0 Å². The summed E-state index contributed by atoms with van der Waals surface area (Å²) < 4.78 is 1.25. The van der Waals surface area contributed by atoms with Gasteiger partial charge in [0.2, 0.25) is 0 Å². The Kier molecular flexibility index (Phi) is 5.50. The van der Waals surface area contributed by atoms with E-state index < -0.39 is 0 Å². The topological polar surface area (TPSA) is 12.0 Å². The largest absolute Gasteiger partial charge is 0.309 e. The van der Waals surface area contributed by atoms with Gasteiger partial charge < -0.3 is 5.32 Å². The molecule has 0 saturated heterocycles. The number of nitrogens with one attached hydrogen (secondary N) is 1. The van der Waals surface area contributed by atoms with Crippen LogP contribution in [-0.4, -0.2) is 6.54 Å². The molecule has 1 aromatic heterocycles. The first-order chi connectivity index (χ1) is 9.02. The standard InChI is InChI=1S/C16H26BrNS/c1-12(2)10-16(7-4-5-8-16)11-18-13(3)15-14(17)6-9-19-15/h6,9,12-13,18H,4-5,7-8,10-11H2,1-3H3. The molecule has 1 aliphatic carbocycles. The van der Waals surface area contributed by atoms with Gasteiger partial charge in [-0.15, -0.1) is 11.3 Å². The lowest BCUT2D eigenvalue weighted by molar-refractivity contribution is 0.217. The van der Waals surface area contributed by atoms with Crippen LogP contribution in [0.25, 0.3) is 0 Å². The molecule has 0 aliphatic heterocycles. The van der Waals surface area contributed by atoms with Crippen molar-refractivity contribution in [2.45, 2.75) is 58.9 Å². The van der Waals surface area contributed by atoms with Crippen LogP contribution in [0.15, 0.2) is 15.9 Å². The SMILES string of the molecule is CC(C)CC1(CNC(C)c2sccc2Br)CCCC1. The van der Waals surface area contributed by atoms with E-state index in [1.165, 1.54) is 48.0 Å². The normalized spacial score (nSPS) is 20.1. The van der Waals surface area contributed by atoms with E-state index in [-0.39, 0.29) is 0 Å². The second-order valence-electron chi connectivity index (χ2n) is 6.54. The van der Waals surface area contributed by atoms with Gasteiger partial charge >= 0.3 is 0 Å². The summed E-state index contributed by atoms with van der Waals surface area (Å²) in [5.74, 6) is 0.809. The van der Waals surface area contributed by atoms with E-state index in [9.17, 15) is 0 Å². The van der Waals surface area contributed by atoms with Crippen molar-refractivity contribution in [3.63, 3.8) is 0 Å². The van der Waals surface area contributed by atoms with Gasteiger partial charge in [0, 0.05) is 21.9 Å². The molecule has 0 spiro atoms. The van der Waals surface area contributed by atoms with Crippen molar-refractivity contribution in [3.8, 4) is 0 Å². The van der Waals surface area contributed by atoms with Crippen LogP contribution in [0, 0.1) is 11.3 Å². The van der Waals surface area contributed by atoms with Crippen LogP contribution in [0.2, 0.25) is 0 Å². The van der Waals surface area contributed by atoms with Gasteiger partial charge in [0.25, 0.3) is 0 Å². The van der Waals surface area contributed by atoms with Crippen molar-refractivity contribution in [3.05, 3.63) is 20.8 Å². The van der Waals surface area contributed by atoms with Gasteiger partial charge in [0.1, 0.15) is 0 Å². The van der Waals surface area contributed by atoms with Crippen LogP contribution >= 0.6 is 27.3 Å². The van der Waals surface area contributed by atoms with Crippen molar-refractivity contribution in [1.29, 1.82) is 0 Å². The van der Waals surface area contributed by atoms with Crippen LogP contribution in [0.1, 0.15) is 63.8 Å². The lowest BCUT2D eigenvalue weighted by atomic mass is 9.78. The molecule has 0 amide bonds. The molecule has 1 aliphatic rings. The molecule has 2 rings (SSSR count). The van der Waals surface area contributed by atoms with Gasteiger partial charge in [-0.1, -0.05) is 26.7 Å². The maximum atomic E-state index is 3.79. The number of thiophene rings is 1. The van der Waals surface area contributed by atoms with Gasteiger partial charge in [-0.3, -0.25) is 0 Å². The molecule has 19 heavy (non-hydrogen) atoms. The molecule has 1 aromatic rings. The Morgan fingerprint density at radius 1 is 1.32 bits per heavy atom. The zero-order valence-corrected chi connectivity index (χ0v) is 14.7. The van der Waals surface area contributed by atoms with E-state index in [4.69, 9.17) is 0 Å². The summed E-state index contributed by atoms with van der Waals surface area (Å²) in [4.78, 5) is 1.43. The van der Waals surface area contributed by atoms with Crippen LogP contribution in [0.4, 0.5) is 0 Å². The maximum Gasteiger partial charge on any atom is 0.0397 e. The average molecular weight is 344 g/mol. The highest BCUT2D eigenvalue weighted by molar-refractivity contribution is 9.10. The molecule has 1 nitrogen and oxygen atoms in total. The fraction of sp³-hybridized carbons (Fsp3) is 0.750. The molecule has 108 valence electrons. The van der Waals surface area contributed by atoms with Crippen LogP contribution < -0.4 is 5.32 Å². The van der Waals surface area contributed by atoms with E-state index in [1.807, 2.05) is 11.3 Å². The molecule has 1 saturated carbocycles. The van der Waals surface area contributed by atoms with Crippen molar-refractivity contribution >= 4 is 27.3 Å². The van der Waals surface area contributed by atoms with E-state index in [0.29, 0.717) is 11.5 Å².